The van der Waals surface area contributed by atoms with Crippen LogP contribution in [0.4, 0.5) is 0 Å². The average Bonchev–Trinajstić information content (AvgIpc) is 3.26. The Morgan fingerprint density at radius 2 is 1.60 bits per heavy atom. The molecule has 1 aliphatic heterocycles. The largest absolute Gasteiger partial charge is 0.464 e. The molecule has 19 heteroatoms. The smallest absolute Gasteiger partial charge is 0.305 e. The molecule has 5 rings (SSSR count). The molecule has 2 heterocycles. The Morgan fingerprint density at radius 1 is 0.905 bits per heavy atom. The first-order chi connectivity index (χ1) is 30.1. The first-order valence-electron chi connectivity index (χ1n) is 20.5. The number of nitrogens with two attached hydrogens (primary N) is 1. The maximum Gasteiger partial charge on any atom is 0.305 e. The van der Waals surface area contributed by atoms with E-state index in [9.17, 15) is 43.8 Å². The molecular formula is C44H54N6O13. The molecular weight excluding hydrogens is 821 g/mol. The minimum absolute atomic E-state index is 0.0494. The number of carbonyl (C=O) groups is 6. The standard InChI is InChI=1S/C44H54N6O13/c1-23(2)34(50-41(57)24(3)62-39-36(47-25(4)52)44(63-32(21-51)38(39)55)61-22-26-11-6-5-7-12-26)43(59)49-31(40(45)56)17-18-33(53)60-20-19-46-42(58)29-15-10-14-28-35(29)48-30-16-9-8-13-27(30)37(28)54/h5-16,23-24,31-32,34,36,38-39,44,51,55H,17-22H2,1-4H3,(H2,45,56)(H,46,58)(H,47,52)(H,48,54)(H,49,59)(H,50,57)/t24?,31-,32?,34-,36+,38?,39+,44-/m1/s1. The van der Waals surface area contributed by atoms with Gasteiger partial charge in [0.1, 0.15) is 49.1 Å². The molecule has 1 aliphatic rings. The zero-order valence-electron chi connectivity index (χ0n) is 35.3. The molecule has 0 bridgehead atoms. The predicted octanol–water partition coefficient (Wildman–Crippen LogP) is 0.419. The van der Waals surface area contributed by atoms with Crippen LogP contribution < -0.4 is 32.4 Å². The molecule has 9 N–H and O–H groups in total. The molecule has 4 aromatic rings. The summed E-state index contributed by atoms with van der Waals surface area (Å²) in [5, 5.41) is 32.3. The number of hydrogen-bond acceptors (Lipinski definition) is 13. The normalized spacial score (nSPS) is 20.0. The number of para-hydroxylation sites is 2. The van der Waals surface area contributed by atoms with Crippen molar-refractivity contribution in [2.75, 3.05) is 19.8 Å². The predicted molar refractivity (Wildman–Crippen MR) is 227 cm³/mol. The lowest BCUT2D eigenvalue weighted by Gasteiger charge is -2.44. The minimum atomic E-state index is -1.52. The highest BCUT2D eigenvalue weighted by Gasteiger charge is 2.48. The number of H-pyrrole nitrogens is 1. The molecule has 19 nitrogen and oxygen atoms in total. The maximum absolute atomic E-state index is 13.5. The van der Waals surface area contributed by atoms with Crippen molar-refractivity contribution in [3.63, 3.8) is 0 Å². The second-order valence-electron chi connectivity index (χ2n) is 15.4. The summed E-state index contributed by atoms with van der Waals surface area (Å²) in [4.78, 5) is 93.5. The average molecular weight is 875 g/mol. The van der Waals surface area contributed by atoms with Crippen molar-refractivity contribution in [2.24, 2.45) is 11.7 Å². The summed E-state index contributed by atoms with van der Waals surface area (Å²) in [6.45, 7) is 5.01. The highest BCUT2D eigenvalue weighted by Crippen LogP contribution is 2.27. The van der Waals surface area contributed by atoms with Crippen molar-refractivity contribution in [1.82, 2.24) is 26.3 Å². The molecule has 63 heavy (non-hydrogen) atoms. The Morgan fingerprint density at radius 3 is 2.29 bits per heavy atom. The van der Waals surface area contributed by atoms with Crippen molar-refractivity contribution in [2.45, 2.75) is 96.0 Å². The van der Waals surface area contributed by atoms with Crippen molar-refractivity contribution in [3.05, 3.63) is 94.1 Å². The Labute approximate surface area is 362 Å². The van der Waals surface area contributed by atoms with Crippen LogP contribution in [0.2, 0.25) is 0 Å². The summed E-state index contributed by atoms with van der Waals surface area (Å²) in [6.07, 6.45) is -7.17. The van der Waals surface area contributed by atoms with E-state index in [1.807, 2.05) is 30.3 Å². The highest BCUT2D eigenvalue weighted by molar-refractivity contribution is 6.07. The Balaban J connectivity index is 1.13. The highest BCUT2D eigenvalue weighted by atomic mass is 16.7. The van der Waals surface area contributed by atoms with Gasteiger partial charge >= 0.3 is 5.97 Å². The van der Waals surface area contributed by atoms with E-state index in [-0.39, 0.29) is 43.6 Å². The molecule has 5 amide bonds. The van der Waals surface area contributed by atoms with E-state index < -0.39 is 96.9 Å². The van der Waals surface area contributed by atoms with Gasteiger partial charge in [0, 0.05) is 29.6 Å². The quantitative estimate of drug-likeness (QED) is 0.0340. The number of hydrogen-bond donors (Lipinski definition) is 8. The van der Waals surface area contributed by atoms with Gasteiger partial charge in [-0.3, -0.25) is 33.6 Å². The number of fused-ring (bicyclic) bond motifs is 2. The Hall–Kier alpha value is -6.25. The number of ether oxygens (including phenoxy) is 4. The van der Waals surface area contributed by atoms with Crippen LogP contribution >= 0.6 is 0 Å². The van der Waals surface area contributed by atoms with Crippen LogP contribution in [0.15, 0.2) is 77.6 Å². The number of benzene rings is 3. The van der Waals surface area contributed by atoms with Gasteiger partial charge in [0.2, 0.25) is 23.6 Å². The van der Waals surface area contributed by atoms with Crippen LogP contribution in [0.5, 0.6) is 0 Å². The summed E-state index contributed by atoms with van der Waals surface area (Å²) in [5.41, 5.74) is 7.28. The number of nitrogens with one attached hydrogen (secondary N) is 5. The number of aliphatic hydroxyl groups excluding tert-OH is 2. The molecule has 338 valence electrons. The van der Waals surface area contributed by atoms with Crippen LogP contribution in [0.25, 0.3) is 21.8 Å². The molecule has 1 fully saturated rings. The van der Waals surface area contributed by atoms with Crippen molar-refractivity contribution in [1.29, 1.82) is 0 Å². The first-order valence-corrected chi connectivity index (χ1v) is 20.5. The Kier molecular flexibility index (Phi) is 16.8. The van der Waals surface area contributed by atoms with E-state index in [1.54, 1.807) is 56.3 Å². The van der Waals surface area contributed by atoms with Crippen LogP contribution in [0.3, 0.4) is 0 Å². The van der Waals surface area contributed by atoms with Gasteiger partial charge in [0.05, 0.1) is 30.8 Å². The molecule has 1 saturated heterocycles. The van der Waals surface area contributed by atoms with Crippen molar-refractivity contribution in [3.8, 4) is 0 Å². The second kappa shape index (κ2) is 22.2. The number of pyridine rings is 1. The van der Waals surface area contributed by atoms with Gasteiger partial charge < -0.3 is 61.1 Å². The molecule has 8 atom stereocenters. The number of carbonyl (C=O) groups excluding carboxylic acids is 6. The fourth-order valence-electron chi connectivity index (χ4n) is 7.06. The topological polar surface area (TPSA) is 287 Å². The Bertz CT molecular complexity index is 2320. The third-order valence-electron chi connectivity index (χ3n) is 10.4. The monoisotopic (exact) mass is 874 g/mol. The van der Waals surface area contributed by atoms with Gasteiger partial charge in [0.25, 0.3) is 5.91 Å². The van der Waals surface area contributed by atoms with Gasteiger partial charge in [0.15, 0.2) is 11.7 Å². The summed E-state index contributed by atoms with van der Waals surface area (Å²) >= 11 is 0. The molecule has 0 radical (unpaired) electrons. The van der Waals surface area contributed by atoms with Crippen LogP contribution in [0, 0.1) is 5.92 Å². The van der Waals surface area contributed by atoms with Gasteiger partial charge in [-0.15, -0.1) is 0 Å². The zero-order chi connectivity index (χ0) is 45.8. The minimum Gasteiger partial charge on any atom is -0.464 e. The molecule has 0 saturated carbocycles. The number of esters is 1. The van der Waals surface area contributed by atoms with E-state index in [2.05, 4.69) is 26.3 Å². The van der Waals surface area contributed by atoms with Crippen molar-refractivity contribution >= 4 is 57.3 Å². The molecule has 3 unspecified atom stereocenters. The van der Waals surface area contributed by atoms with E-state index in [0.29, 0.717) is 21.8 Å². The lowest BCUT2D eigenvalue weighted by Crippen LogP contribution is -2.66. The third kappa shape index (κ3) is 12.4. The number of aromatic amines is 1. The van der Waals surface area contributed by atoms with Crippen LogP contribution in [-0.4, -0.2) is 119 Å². The fraction of sp³-hybridized carbons (Fsp3) is 0.432. The van der Waals surface area contributed by atoms with Crippen molar-refractivity contribution < 1.29 is 57.9 Å². The summed E-state index contributed by atoms with van der Waals surface area (Å²) in [7, 11) is 0. The van der Waals surface area contributed by atoms with E-state index in [0.717, 1.165) is 5.56 Å². The van der Waals surface area contributed by atoms with Gasteiger partial charge in [-0.2, -0.15) is 0 Å². The number of primary amides is 1. The first kappa shape index (κ1) is 47.8. The summed E-state index contributed by atoms with van der Waals surface area (Å²) < 4.78 is 23.0. The molecule has 3 aromatic carbocycles. The van der Waals surface area contributed by atoms with Crippen LogP contribution in [-0.2, 0) is 49.5 Å². The molecule has 1 aromatic heterocycles. The number of aliphatic hydroxyl groups is 2. The molecule has 0 aliphatic carbocycles. The van der Waals surface area contributed by atoms with E-state index in [1.165, 1.54) is 13.8 Å². The van der Waals surface area contributed by atoms with Gasteiger partial charge in [-0.05, 0) is 49.1 Å². The van der Waals surface area contributed by atoms with Gasteiger partial charge in [-0.1, -0.05) is 62.4 Å². The SMILES string of the molecule is CC(=O)N[C@@H]1[C@H](OCc2ccccc2)OC(CO)C(O)[C@H]1OC(C)C(=O)N[C@@H](C(=O)N[C@H](CCC(=O)OCCNC(=O)c1cccc2c(=O)c3ccccc3[nH]c12)C(N)=O)C(C)C. The fourth-order valence-corrected chi connectivity index (χ4v) is 7.06. The third-order valence-corrected chi connectivity index (χ3v) is 10.4. The molecule has 0 spiro atoms. The lowest BCUT2D eigenvalue weighted by molar-refractivity contribution is -0.283. The lowest BCUT2D eigenvalue weighted by atomic mass is 9.96. The zero-order valence-corrected chi connectivity index (χ0v) is 35.3. The maximum atomic E-state index is 13.5. The summed E-state index contributed by atoms with van der Waals surface area (Å²) in [5.74, 6) is -4.81. The number of amides is 5. The van der Waals surface area contributed by atoms with E-state index >= 15 is 0 Å². The number of rotatable bonds is 20. The van der Waals surface area contributed by atoms with E-state index in [4.69, 9.17) is 24.7 Å². The second-order valence-corrected chi connectivity index (χ2v) is 15.4. The number of aromatic nitrogens is 1. The van der Waals surface area contributed by atoms with Crippen LogP contribution in [0.1, 0.15) is 56.5 Å². The van der Waals surface area contributed by atoms with Gasteiger partial charge in [-0.25, -0.2) is 0 Å². The summed E-state index contributed by atoms with van der Waals surface area (Å²) in [6, 6.07) is 17.1.